The van der Waals surface area contributed by atoms with Crippen LogP contribution < -0.4 is 0 Å². The van der Waals surface area contributed by atoms with Crippen LogP contribution in [0.4, 0.5) is 0 Å². The number of ether oxygens (including phenoxy) is 3. The molecule has 2 bridgehead atoms. The molecule has 2 aliphatic heterocycles. The molecule has 3 aliphatic carbocycles. The van der Waals surface area contributed by atoms with Gasteiger partial charge in [0.15, 0.2) is 12.6 Å². The zero-order valence-electron chi connectivity index (χ0n) is 18.4. The third-order valence-corrected chi connectivity index (χ3v) is 9.34. The molecule has 2 N–H and O–H groups in total. The van der Waals surface area contributed by atoms with Gasteiger partial charge in [-0.1, -0.05) is 33.8 Å². The zero-order chi connectivity index (χ0) is 21.5. The van der Waals surface area contributed by atoms with Gasteiger partial charge in [-0.3, -0.25) is 4.79 Å². The van der Waals surface area contributed by atoms with E-state index < -0.39 is 35.6 Å². The number of aliphatic hydroxyl groups excluding tert-OH is 2. The van der Waals surface area contributed by atoms with Crippen molar-refractivity contribution >= 4 is 5.97 Å². The number of hydrogen-bond donors (Lipinski definition) is 2. The average molecular weight is 421 g/mol. The summed E-state index contributed by atoms with van der Waals surface area (Å²) in [6.07, 6.45) is 2.80. The molecule has 168 valence electrons. The summed E-state index contributed by atoms with van der Waals surface area (Å²) in [6, 6.07) is 0. The molecule has 2 heterocycles. The summed E-state index contributed by atoms with van der Waals surface area (Å²) < 4.78 is 18.4. The fourth-order valence-electron chi connectivity index (χ4n) is 8.00. The van der Waals surface area contributed by atoms with Gasteiger partial charge in [-0.15, -0.1) is 0 Å². The van der Waals surface area contributed by atoms with Crippen LogP contribution in [0, 0.1) is 34.0 Å². The molecule has 6 heteroatoms. The van der Waals surface area contributed by atoms with Crippen LogP contribution in [0.3, 0.4) is 0 Å². The summed E-state index contributed by atoms with van der Waals surface area (Å²) in [4.78, 5) is 13.4. The zero-order valence-corrected chi connectivity index (χ0v) is 18.4. The van der Waals surface area contributed by atoms with Crippen LogP contribution in [0.5, 0.6) is 0 Å². The van der Waals surface area contributed by atoms with Crippen LogP contribution in [-0.2, 0) is 19.0 Å². The summed E-state index contributed by atoms with van der Waals surface area (Å²) >= 11 is 0. The van der Waals surface area contributed by atoms with Crippen molar-refractivity contribution < 1.29 is 29.2 Å². The Labute approximate surface area is 179 Å². The van der Waals surface area contributed by atoms with E-state index in [1.54, 1.807) is 0 Å². The average Bonchev–Trinajstić information content (AvgIpc) is 3.10. The van der Waals surface area contributed by atoms with Gasteiger partial charge >= 0.3 is 5.97 Å². The Hall–Kier alpha value is -0.950. The van der Waals surface area contributed by atoms with Crippen LogP contribution in [-0.4, -0.2) is 47.6 Å². The molecule has 5 rings (SSSR count). The number of aliphatic hydroxyl groups is 2. The minimum absolute atomic E-state index is 0.108. The molecule has 1 unspecified atom stereocenters. The van der Waals surface area contributed by atoms with E-state index in [0.29, 0.717) is 19.4 Å². The van der Waals surface area contributed by atoms with Crippen molar-refractivity contribution in [2.24, 2.45) is 34.0 Å². The van der Waals surface area contributed by atoms with Gasteiger partial charge < -0.3 is 24.4 Å². The number of hydrogen-bond acceptors (Lipinski definition) is 6. The molecule has 0 aromatic heterocycles. The van der Waals surface area contributed by atoms with Gasteiger partial charge in [-0.2, -0.15) is 0 Å². The van der Waals surface area contributed by atoms with Crippen molar-refractivity contribution in [3.8, 4) is 0 Å². The Morgan fingerprint density at radius 3 is 2.73 bits per heavy atom. The third kappa shape index (κ3) is 2.37. The van der Waals surface area contributed by atoms with Gasteiger partial charge in [0.2, 0.25) is 0 Å². The quantitative estimate of drug-likeness (QED) is 0.413. The molecule has 2 saturated heterocycles. The van der Waals surface area contributed by atoms with E-state index in [1.165, 1.54) is 0 Å². The van der Waals surface area contributed by atoms with Crippen LogP contribution in [0.25, 0.3) is 0 Å². The predicted molar refractivity (Wildman–Crippen MR) is 109 cm³/mol. The minimum Gasteiger partial charge on any atom is -0.461 e. The lowest BCUT2D eigenvalue weighted by Gasteiger charge is -2.63. The number of rotatable bonds is 4. The molecule has 5 aliphatic rings. The molecule has 30 heavy (non-hydrogen) atoms. The van der Waals surface area contributed by atoms with Crippen molar-refractivity contribution in [1.82, 2.24) is 0 Å². The Morgan fingerprint density at radius 1 is 1.23 bits per heavy atom. The molecular weight excluding hydrogens is 384 g/mol. The number of unbranched alkanes of at least 4 members (excludes halogenated alkanes) is 1. The first-order chi connectivity index (χ1) is 14.2. The fourth-order valence-corrected chi connectivity index (χ4v) is 8.00. The maximum atomic E-state index is 13.4. The van der Waals surface area contributed by atoms with E-state index in [4.69, 9.17) is 14.2 Å². The lowest BCUT2D eigenvalue weighted by atomic mass is 9.43. The third-order valence-electron chi connectivity index (χ3n) is 9.34. The lowest BCUT2D eigenvalue weighted by Crippen LogP contribution is -2.70. The van der Waals surface area contributed by atoms with Gasteiger partial charge in [0, 0.05) is 12.5 Å². The van der Waals surface area contributed by atoms with Gasteiger partial charge in [0.1, 0.15) is 11.5 Å². The molecule has 2 spiro atoms. The second-order valence-electron chi connectivity index (χ2n) is 11.0. The highest BCUT2D eigenvalue weighted by atomic mass is 16.7. The van der Waals surface area contributed by atoms with E-state index in [9.17, 15) is 15.0 Å². The Morgan fingerprint density at radius 2 is 2.00 bits per heavy atom. The summed E-state index contributed by atoms with van der Waals surface area (Å²) in [5.41, 5.74) is -1.18. The van der Waals surface area contributed by atoms with Gasteiger partial charge in [0.05, 0.1) is 11.5 Å². The predicted octanol–water partition coefficient (Wildman–Crippen LogP) is 3.16. The molecule has 9 atom stereocenters. The van der Waals surface area contributed by atoms with E-state index in [0.717, 1.165) is 37.7 Å². The Balaban J connectivity index is 1.63. The summed E-state index contributed by atoms with van der Waals surface area (Å²) in [5.74, 6) is -0.479. The fraction of sp³-hybridized carbons (Fsp3) is 0.875. The first kappa shape index (κ1) is 20.9. The summed E-state index contributed by atoms with van der Waals surface area (Å²) in [5, 5.41) is 22.7. The standard InChI is InChI=1S/C24H36O6/c1-5-6-11-28-19-17-22(3,4)10-9-16-24(17,21(27)30-19)15-8-7-14-12-23(15,20(26)29-16)18(25)13(14)2/h14-19,21,25,27H,2,5-12H2,1,3-4H3/t14-,15-,16+,17-,18+,19-,21?,23+,24+/m1/s1. The van der Waals surface area contributed by atoms with Crippen molar-refractivity contribution in [3.63, 3.8) is 0 Å². The van der Waals surface area contributed by atoms with Crippen LogP contribution in [0.2, 0.25) is 0 Å². The second kappa shape index (κ2) is 6.77. The number of fused-ring (bicyclic) bond motifs is 1. The minimum atomic E-state index is -1.08. The SMILES string of the molecule is C=C1[C@@H]2CC[C@@H]3[C@](C2)(C(=O)O[C@H]2CCC(C)(C)[C@H]4[C@H](OCCCC)OC(O)[C@@]243)[C@H]1O. The monoisotopic (exact) mass is 420 g/mol. The lowest BCUT2D eigenvalue weighted by molar-refractivity contribution is -0.279. The molecule has 0 radical (unpaired) electrons. The number of carbonyl (C=O) groups is 1. The number of esters is 1. The first-order valence-corrected chi connectivity index (χ1v) is 11.7. The van der Waals surface area contributed by atoms with Gasteiger partial charge in [0.25, 0.3) is 0 Å². The molecule has 3 saturated carbocycles. The smallest absolute Gasteiger partial charge is 0.315 e. The Kier molecular flexibility index (Phi) is 4.72. The normalized spacial score (nSPS) is 51.2. The van der Waals surface area contributed by atoms with Crippen LogP contribution in [0.15, 0.2) is 12.2 Å². The number of carbonyl (C=O) groups excluding carboxylic acids is 1. The highest BCUT2D eigenvalue weighted by molar-refractivity contribution is 5.82. The first-order valence-electron chi connectivity index (χ1n) is 11.7. The Bertz CT molecular complexity index is 748. The molecule has 0 aromatic carbocycles. The highest BCUT2D eigenvalue weighted by Gasteiger charge is 2.79. The van der Waals surface area contributed by atoms with Gasteiger partial charge in [-0.25, -0.2) is 0 Å². The molecule has 0 amide bonds. The molecule has 6 nitrogen and oxygen atoms in total. The second-order valence-corrected chi connectivity index (χ2v) is 11.0. The van der Waals surface area contributed by atoms with Crippen molar-refractivity contribution in [2.45, 2.75) is 90.5 Å². The van der Waals surface area contributed by atoms with E-state index in [2.05, 4.69) is 27.4 Å². The maximum absolute atomic E-state index is 13.4. The van der Waals surface area contributed by atoms with Crippen molar-refractivity contribution in [2.75, 3.05) is 6.61 Å². The van der Waals surface area contributed by atoms with Crippen LogP contribution >= 0.6 is 0 Å². The summed E-state index contributed by atoms with van der Waals surface area (Å²) in [7, 11) is 0. The van der Waals surface area contributed by atoms with Gasteiger partial charge in [-0.05, 0) is 61.3 Å². The van der Waals surface area contributed by atoms with E-state index in [1.807, 2.05) is 0 Å². The molecule has 5 fully saturated rings. The van der Waals surface area contributed by atoms with E-state index >= 15 is 0 Å². The molecule has 0 aromatic rings. The summed E-state index contributed by atoms with van der Waals surface area (Å²) in [6.45, 7) is 11.2. The maximum Gasteiger partial charge on any atom is 0.315 e. The van der Waals surface area contributed by atoms with Crippen molar-refractivity contribution in [1.29, 1.82) is 0 Å². The largest absolute Gasteiger partial charge is 0.461 e. The van der Waals surface area contributed by atoms with Crippen molar-refractivity contribution in [3.05, 3.63) is 12.2 Å². The molecular formula is C24H36O6. The van der Waals surface area contributed by atoms with E-state index in [-0.39, 0.29) is 29.1 Å². The topological polar surface area (TPSA) is 85.2 Å². The highest BCUT2D eigenvalue weighted by Crippen LogP contribution is 2.73. The van der Waals surface area contributed by atoms with Crippen LogP contribution in [0.1, 0.15) is 65.7 Å².